The van der Waals surface area contributed by atoms with Gasteiger partial charge < -0.3 is 20.1 Å². The van der Waals surface area contributed by atoms with Crippen LogP contribution in [0.15, 0.2) is 23.5 Å². The van der Waals surface area contributed by atoms with Gasteiger partial charge in [-0.2, -0.15) is 0 Å². The third kappa shape index (κ3) is 4.58. The first-order chi connectivity index (χ1) is 19.2. The third-order valence-corrected chi connectivity index (χ3v) is 9.83. The van der Waals surface area contributed by atoms with Crippen LogP contribution in [0.25, 0.3) is 0 Å². The van der Waals surface area contributed by atoms with Crippen molar-refractivity contribution in [1.82, 2.24) is 0 Å². The minimum Gasteiger partial charge on any atom is -0.511 e. The Morgan fingerprint density at radius 1 is 0.952 bits per heavy atom. The van der Waals surface area contributed by atoms with Crippen LogP contribution in [0.4, 0.5) is 0 Å². The first kappa shape index (κ1) is 31.8. The summed E-state index contributed by atoms with van der Waals surface area (Å²) in [5.41, 5.74) is -3.11. The Bertz CT molecular complexity index is 1400. The zero-order chi connectivity index (χ0) is 31.9. The molecule has 4 rings (SSSR count). The second-order valence-corrected chi connectivity index (χ2v) is 15.0. The molecule has 1 aromatic rings. The number of ketones is 3. The lowest BCUT2D eigenvalue weighted by Crippen LogP contribution is -2.50. The number of allylic oxidation sites excluding steroid dienone is 3. The first-order valence-electron chi connectivity index (χ1n) is 15.3. The maximum Gasteiger partial charge on any atom is 0.175 e. The number of ether oxygens (including phenoxy) is 1. The summed E-state index contributed by atoms with van der Waals surface area (Å²) in [4.78, 5) is 41.1. The number of carbonyl (C=O) groups excluding carboxylic acids is 3. The molecule has 0 amide bonds. The number of phenolic OH excluding ortho intramolecular Hbond substituents is 2. The average Bonchev–Trinajstić information content (AvgIpc) is 3.17. The van der Waals surface area contributed by atoms with Crippen LogP contribution < -0.4 is 4.74 Å². The Labute approximate surface area is 250 Å². The number of benzene rings is 1. The number of Topliss-reactive ketones (excluding diaryl/α,β-unsaturated/α-hetero) is 3. The van der Waals surface area contributed by atoms with Gasteiger partial charge in [-0.25, -0.2) is 0 Å². The summed E-state index contributed by atoms with van der Waals surface area (Å²) in [6, 6.07) is 0. The minimum absolute atomic E-state index is 0.0300. The fourth-order valence-electron chi connectivity index (χ4n) is 7.31. The Hall–Kier alpha value is -3.09. The highest BCUT2D eigenvalue weighted by Gasteiger charge is 2.57. The van der Waals surface area contributed by atoms with E-state index in [1.54, 1.807) is 27.7 Å². The molecule has 4 atom stereocenters. The molecule has 7 heteroatoms. The minimum atomic E-state index is -1.42. The van der Waals surface area contributed by atoms with Crippen LogP contribution in [0.3, 0.4) is 0 Å². The van der Waals surface area contributed by atoms with Crippen LogP contribution in [0, 0.1) is 34.5 Å². The van der Waals surface area contributed by atoms with Crippen molar-refractivity contribution in [2.45, 2.75) is 106 Å². The molecule has 2 aliphatic carbocycles. The van der Waals surface area contributed by atoms with Crippen LogP contribution in [0.5, 0.6) is 17.2 Å². The van der Waals surface area contributed by atoms with Gasteiger partial charge in [-0.05, 0) is 70.8 Å². The molecule has 7 nitrogen and oxygen atoms in total. The van der Waals surface area contributed by atoms with Gasteiger partial charge in [0.2, 0.25) is 0 Å². The number of aliphatic hydroxyl groups excluding tert-OH is 1. The lowest BCUT2D eigenvalue weighted by Gasteiger charge is -2.41. The smallest absolute Gasteiger partial charge is 0.175 e. The quantitative estimate of drug-likeness (QED) is 0.173. The van der Waals surface area contributed by atoms with E-state index in [-0.39, 0.29) is 64.1 Å². The molecule has 3 aliphatic rings. The van der Waals surface area contributed by atoms with Crippen LogP contribution in [0.1, 0.15) is 122 Å². The molecule has 0 fully saturated rings. The number of fused-ring (bicyclic) bond motifs is 3. The molecule has 3 N–H and O–H groups in total. The number of hydrogen-bond acceptors (Lipinski definition) is 7. The Morgan fingerprint density at radius 3 is 2.07 bits per heavy atom. The van der Waals surface area contributed by atoms with E-state index >= 15 is 0 Å². The monoisotopic (exact) mass is 580 g/mol. The Balaban J connectivity index is 2.11. The average molecular weight is 581 g/mol. The van der Waals surface area contributed by atoms with Gasteiger partial charge in [-0.15, -0.1) is 0 Å². The lowest BCUT2D eigenvalue weighted by molar-refractivity contribution is -0.144. The maximum absolute atomic E-state index is 14.1. The summed E-state index contributed by atoms with van der Waals surface area (Å²) < 4.78 is 6.65. The molecule has 0 unspecified atom stereocenters. The number of carbonyl (C=O) groups is 3. The van der Waals surface area contributed by atoms with E-state index in [9.17, 15) is 29.7 Å². The van der Waals surface area contributed by atoms with E-state index in [0.29, 0.717) is 17.9 Å². The summed E-state index contributed by atoms with van der Waals surface area (Å²) >= 11 is 0. The van der Waals surface area contributed by atoms with Crippen molar-refractivity contribution in [1.29, 1.82) is 0 Å². The van der Waals surface area contributed by atoms with Gasteiger partial charge in [0, 0.05) is 35.0 Å². The molecule has 0 spiro atoms. The van der Waals surface area contributed by atoms with E-state index in [2.05, 4.69) is 19.9 Å². The Kier molecular flexibility index (Phi) is 7.79. The predicted octanol–water partition coefficient (Wildman–Crippen LogP) is 7.55. The van der Waals surface area contributed by atoms with Crippen molar-refractivity contribution in [3.63, 3.8) is 0 Å². The first-order valence-corrected chi connectivity index (χ1v) is 15.3. The topological polar surface area (TPSA) is 121 Å². The van der Waals surface area contributed by atoms with Crippen molar-refractivity contribution >= 4 is 17.3 Å². The summed E-state index contributed by atoms with van der Waals surface area (Å²) in [6.45, 7) is 20.0. The second kappa shape index (κ2) is 10.3. The molecule has 0 aromatic heterocycles. The summed E-state index contributed by atoms with van der Waals surface area (Å²) in [5.74, 6) is -3.22. The van der Waals surface area contributed by atoms with E-state index in [4.69, 9.17) is 4.74 Å². The van der Waals surface area contributed by atoms with Gasteiger partial charge in [-0.1, -0.05) is 47.6 Å². The fraction of sp³-hybridized carbons (Fsp3) is 0.629. The maximum atomic E-state index is 14.1. The standard InChI is InChI=1S/C35H48O7/c1-16(2)14-21(36)24-27(37)23-20-15-19(17(3)4)12-13-35(20,11)42-29(23)25(28(24)38)22(18(5)6)26-30(39)33(7,8)32(41)34(9,10)31(26)40/h12-13,16-20,22,37-39H,14-15H2,1-11H3/t19-,20-,22-,35-/m1/s1. The molecular weight excluding hydrogens is 532 g/mol. The molecular formula is C35H48O7. The number of rotatable bonds is 7. The van der Waals surface area contributed by atoms with E-state index < -0.39 is 45.4 Å². The fourth-order valence-corrected chi connectivity index (χ4v) is 7.31. The van der Waals surface area contributed by atoms with Gasteiger partial charge in [0.05, 0.1) is 10.8 Å². The molecule has 0 saturated heterocycles. The van der Waals surface area contributed by atoms with Crippen LogP contribution >= 0.6 is 0 Å². The molecule has 230 valence electrons. The number of phenols is 2. The SMILES string of the molecule is CC(C)CC(=O)c1c(O)c2c(c([C@H](C3=C(O)C(C)(C)C(=O)C(C)(C)C3=O)C(C)C)c1O)O[C@]1(C)C=C[C@@H](C(C)C)C[C@H]21. The highest BCUT2D eigenvalue weighted by molar-refractivity contribution is 6.19. The van der Waals surface area contributed by atoms with Crippen LogP contribution in [-0.4, -0.2) is 38.3 Å². The molecule has 0 saturated carbocycles. The summed E-state index contributed by atoms with van der Waals surface area (Å²) in [6.07, 6.45) is 4.90. The van der Waals surface area contributed by atoms with Gasteiger partial charge in [0.25, 0.3) is 0 Å². The van der Waals surface area contributed by atoms with E-state index in [1.165, 1.54) is 0 Å². The molecule has 42 heavy (non-hydrogen) atoms. The number of aromatic hydroxyl groups is 2. The van der Waals surface area contributed by atoms with E-state index in [0.717, 1.165) is 0 Å². The largest absolute Gasteiger partial charge is 0.511 e. The normalized spacial score (nSPS) is 27.0. The van der Waals surface area contributed by atoms with Gasteiger partial charge in [-0.3, -0.25) is 14.4 Å². The number of hydrogen-bond donors (Lipinski definition) is 3. The molecule has 0 radical (unpaired) electrons. The molecule has 1 aliphatic heterocycles. The third-order valence-electron chi connectivity index (χ3n) is 9.83. The molecule has 1 aromatic carbocycles. The van der Waals surface area contributed by atoms with Crippen molar-refractivity contribution in [2.24, 2.45) is 34.5 Å². The van der Waals surface area contributed by atoms with Gasteiger partial charge in [0.1, 0.15) is 34.2 Å². The van der Waals surface area contributed by atoms with Crippen molar-refractivity contribution in [2.75, 3.05) is 0 Å². The van der Waals surface area contributed by atoms with Crippen molar-refractivity contribution < 1.29 is 34.4 Å². The highest BCUT2D eigenvalue weighted by atomic mass is 16.5. The zero-order valence-corrected chi connectivity index (χ0v) is 27.0. The van der Waals surface area contributed by atoms with Crippen LogP contribution in [-0.2, 0) is 9.59 Å². The zero-order valence-electron chi connectivity index (χ0n) is 27.0. The lowest BCUT2D eigenvalue weighted by atomic mass is 9.60. The van der Waals surface area contributed by atoms with Gasteiger partial charge >= 0.3 is 0 Å². The molecule has 1 heterocycles. The Morgan fingerprint density at radius 2 is 1.55 bits per heavy atom. The molecule has 0 bridgehead atoms. The van der Waals surface area contributed by atoms with Crippen molar-refractivity contribution in [3.8, 4) is 17.2 Å². The summed E-state index contributed by atoms with van der Waals surface area (Å²) in [5, 5.41) is 35.3. The van der Waals surface area contributed by atoms with Crippen molar-refractivity contribution in [3.05, 3.63) is 40.2 Å². The van der Waals surface area contributed by atoms with E-state index in [1.807, 2.05) is 40.7 Å². The van der Waals surface area contributed by atoms with Crippen LogP contribution in [0.2, 0.25) is 0 Å². The summed E-state index contributed by atoms with van der Waals surface area (Å²) in [7, 11) is 0. The predicted molar refractivity (Wildman–Crippen MR) is 162 cm³/mol. The highest BCUT2D eigenvalue weighted by Crippen LogP contribution is 2.62. The van der Waals surface area contributed by atoms with Gasteiger partial charge in [0.15, 0.2) is 17.3 Å². The second-order valence-electron chi connectivity index (χ2n) is 15.0. The number of aliphatic hydroxyl groups is 1.